The maximum absolute atomic E-state index is 13.5. The molecule has 0 saturated carbocycles. The molecule has 0 aromatic heterocycles. The van der Waals surface area contributed by atoms with E-state index in [9.17, 15) is 9.90 Å². The lowest BCUT2D eigenvalue weighted by atomic mass is 10.0. The lowest BCUT2D eigenvalue weighted by Crippen LogP contribution is -2.47. The molecule has 148 valence electrons. The first kappa shape index (κ1) is 17.4. The third-order valence-corrected chi connectivity index (χ3v) is 7.38. The van der Waals surface area contributed by atoms with E-state index in [2.05, 4.69) is 10.5 Å². The number of oxime groups is 1. The number of amides is 1. The van der Waals surface area contributed by atoms with Crippen molar-refractivity contribution in [3.05, 3.63) is 90.0 Å². The van der Waals surface area contributed by atoms with Crippen LogP contribution in [0.1, 0.15) is 17.2 Å². The summed E-state index contributed by atoms with van der Waals surface area (Å²) in [7, 11) is 0. The number of benzene rings is 3. The van der Waals surface area contributed by atoms with Crippen LogP contribution in [-0.4, -0.2) is 22.1 Å². The summed E-state index contributed by atoms with van der Waals surface area (Å²) >= 11 is 1.50. The number of amidine groups is 1. The fraction of sp³-hybridized carbons (Fsp3) is 0.130. The third-order valence-electron chi connectivity index (χ3n) is 5.74. The zero-order valence-corrected chi connectivity index (χ0v) is 16.5. The van der Waals surface area contributed by atoms with Gasteiger partial charge in [0.05, 0.1) is 0 Å². The molecule has 3 aromatic rings. The molecule has 1 spiro atoms. The second kappa shape index (κ2) is 6.27. The third kappa shape index (κ3) is 2.21. The van der Waals surface area contributed by atoms with Crippen molar-refractivity contribution in [2.24, 2.45) is 5.16 Å². The van der Waals surface area contributed by atoms with Crippen molar-refractivity contribution in [2.45, 2.75) is 16.2 Å². The number of hydrogen-bond acceptors (Lipinski definition) is 6. The molecule has 3 aromatic carbocycles. The molecule has 0 aliphatic carbocycles. The van der Waals surface area contributed by atoms with Crippen LogP contribution in [0, 0.1) is 0 Å². The molecule has 2 N–H and O–H groups in total. The van der Waals surface area contributed by atoms with E-state index in [0.717, 1.165) is 16.9 Å². The standard InChI is InChI=1S/C23H17N3O3S/c27-18-13-7-4-10-15(18)19-20-21(25-29-19)26(14-8-2-1-3-9-14)23(30-20)16-11-5-6-12-17(16)24-22(23)28/h1-13,19-20,27H,(H,24,28). The number of hydrogen-bond donors (Lipinski definition) is 2. The summed E-state index contributed by atoms with van der Waals surface area (Å²) in [5.41, 5.74) is 3.22. The predicted molar refractivity (Wildman–Crippen MR) is 116 cm³/mol. The Labute approximate surface area is 177 Å². The van der Waals surface area contributed by atoms with Crippen LogP contribution in [0.3, 0.4) is 0 Å². The van der Waals surface area contributed by atoms with Gasteiger partial charge in [0, 0.05) is 22.5 Å². The van der Waals surface area contributed by atoms with Gasteiger partial charge in [-0.05, 0) is 24.3 Å². The van der Waals surface area contributed by atoms with Crippen LogP contribution in [-0.2, 0) is 14.5 Å². The van der Waals surface area contributed by atoms with Gasteiger partial charge in [0.1, 0.15) is 11.0 Å². The summed E-state index contributed by atoms with van der Waals surface area (Å²) in [6, 6.07) is 24.6. The van der Waals surface area contributed by atoms with E-state index < -0.39 is 11.0 Å². The highest BCUT2D eigenvalue weighted by molar-refractivity contribution is 8.03. The molecule has 1 amide bonds. The zero-order valence-electron chi connectivity index (χ0n) is 15.7. The minimum absolute atomic E-state index is 0.106. The Kier molecular flexibility index (Phi) is 3.64. The fourth-order valence-corrected chi connectivity index (χ4v) is 6.14. The van der Waals surface area contributed by atoms with E-state index in [4.69, 9.17) is 4.84 Å². The van der Waals surface area contributed by atoms with E-state index >= 15 is 0 Å². The average Bonchev–Trinajstić information content (AvgIpc) is 3.41. The molecular weight excluding hydrogens is 398 g/mol. The molecule has 3 atom stereocenters. The molecule has 3 aliphatic rings. The second-order valence-corrected chi connectivity index (χ2v) is 8.72. The van der Waals surface area contributed by atoms with Crippen LogP contribution in [0.4, 0.5) is 11.4 Å². The maximum atomic E-state index is 13.5. The summed E-state index contributed by atoms with van der Waals surface area (Å²) in [5.74, 6) is 0.722. The quantitative estimate of drug-likeness (QED) is 0.656. The molecule has 6 nitrogen and oxygen atoms in total. The van der Waals surface area contributed by atoms with Gasteiger partial charge in [-0.3, -0.25) is 9.69 Å². The maximum Gasteiger partial charge on any atom is 0.266 e. The molecule has 3 heterocycles. The zero-order chi connectivity index (χ0) is 20.3. The van der Waals surface area contributed by atoms with Gasteiger partial charge in [0.2, 0.25) is 4.87 Å². The Bertz CT molecular complexity index is 1200. The number of rotatable bonds is 2. The largest absolute Gasteiger partial charge is 0.508 e. The van der Waals surface area contributed by atoms with Crippen molar-refractivity contribution in [1.29, 1.82) is 0 Å². The van der Waals surface area contributed by atoms with Crippen molar-refractivity contribution < 1.29 is 14.7 Å². The van der Waals surface area contributed by atoms with Crippen LogP contribution in [0.5, 0.6) is 5.75 Å². The topological polar surface area (TPSA) is 74.2 Å². The molecule has 3 aliphatic heterocycles. The highest BCUT2D eigenvalue weighted by Crippen LogP contribution is 2.60. The van der Waals surface area contributed by atoms with Gasteiger partial charge in [-0.2, -0.15) is 0 Å². The predicted octanol–water partition coefficient (Wildman–Crippen LogP) is 4.20. The van der Waals surface area contributed by atoms with Crippen molar-refractivity contribution >= 4 is 34.9 Å². The minimum Gasteiger partial charge on any atom is -0.508 e. The van der Waals surface area contributed by atoms with Crippen LogP contribution >= 0.6 is 11.8 Å². The highest BCUT2D eigenvalue weighted by atomic mass is 32.2. The summed E-state index contributed by atoms with van der Waals surface area (Å²) in [4.78, 5) is 20.2. The van der Waals surface area contributed by atoms with Crippen molar-refractivity contribution in [1.82, 2.24) is 0 Å². The van der Waals surface area contributed by atoms with Crippen molar-refractivity contribution in [3.63, 3.8) is 0 Å². The lowest BCUT2D eigenvalue weighted by Gasteiger charge is -2.33. The number of fused-ring (bicyclic) bond motifs is 3. The molecule has 3 unspecified atom stereocenters. The van der Waals surface area contributed by atoms with E-state index in [1.165, 1.54) is 11.8 Å². The number of anilines is 2. The van der Waals surface area contributed by atoms with Crippen LogP contribution in [0.2, 0.25) is 0 Å². The smallest absolute Gasteiger partial charge is 0.266 e. The lowest BCUT2D eigenvalue weighted by molar-refractivity contribution is -0.117. The molecule has 7 heteroatoms. The first-order valence-electron chi connectivity index (χ1n) is 9.66. The summed E-state index contributed by atoms with van der Waals surface area (Å²) in [6.07, 6.45) is -0.489. The van der Waals surface area contributed by atoms with E-state index in [1.54, 1.807) is 12.1 Å². The van der Waals surface area contributed by atoms with Crippen molar-refractivity contribution in [3.8, 4) is 5.75 Å². The number of phenols is 1. The van der Waals surface area contributed by atoms with Gasteiger partial charge in [-0.1, -0.05) is 59.8 Å². The van der Waals surface area contributed by atoms with Gasteiger partial charge >= 0.3 is 0 Å². The number of nitrogens with zero attached hydrogens (tertiary/aromatic N) is 2. The molecule has 6 rings (SSSR count). The van der Waals surface area contributed by atoms with Crippen LogP contribution in [0.15, 0.2) is 84.0 Å². The van der Waals surface area contributed by atoms with Gasteiger partial charge < -0.3 is 15.3 Å². The minimum atomic E-state index is -0.992. The SMILES string of the molecule is O=C1Nc2ccccc2C12SC1C(=NOC1c1ccccc1O)N2c1ccccc1. The number of carbonyl (C=O) groups is 1. The van der Waals surface area contributed by atoms with Crippen LogP contribution < -0.4 is 10.2 Å². The number of para-hydroxylation sites is 3. The van der Waals surface area contributed by atoms with Crippen LogP contribution in [0.25, 0.3) is 0 Å². The molecule has 1 fully saturated rings. The first-order valence-corrected chi connectivity index (χ1v) is 10.5. The number of phenolic OH excluding ortho intramolecular Hbond substituents is 1. The summed E-state index contributed by atoms with van der Waals surface area (Å²) in [6.45, 7) is 0. The molecule has 30 heavy (non-hydrogen) atoms. The van der Waals surface area contributed by atoms with Crippen molar-refractivity contribution in [2.75, 3.05) is 10.2 Å². The van der Waals surface area contributed by atoms with Gasteiger partial charge in [-0.15, -0.1) is 11.8 Å². The number of carbonyl (C=O) groups excluding carboxylic acids is 1. The fourth-order valence-electron chi connectivity index (χ4n) is 4.43. The van der Waals surface area contributed by atoms with E-state index in [-0.39, 0.29) is 16.9 Å². The van der Waals surface area contributed by atoms with Gasteiger partial charge in [0.25, 0.3) is 5.91 Å². The molecule has 0 radical (unpaired) electrons. The van der Waals surface area contributed by atoms with E-state index in [0.29, 0.717) is 11.4 Å². The average molecular weight is 415 g/mol. The summed E-state index contributed by atoms with van der Waals surface area (Å²) < 4.78 is 0. The van der Waals surface area contributed by atoms with Gasteiger partial charge in [0.15, 0.2) is 11.9 Å². The van der Waals surface area contributed by atoms with Gasteiger partial charge in [-0.25, -0.2) is 0 Å². The first-order chi connectivity index (χ1) is 14.7. The second-order valence-electron chi connectivity index (χ2n) is 7.39. The Hall–Kier alpha value is -3.45. The molecular formula is C23H17N3O3S. The highest BCUT2D eigenvalue weighted by Gasteiger charge is 2.64. The van der Waals surface area contributed by atoms with E-state index in [1.807, 2.05) is 71.6 Å². The molecule has 0 bridgehead atoms. The number of nitrogens with one attached hydrogen (secondary N) is 1. The summed E-state index contributed by atoms with van der Waals surface area (Å²) in [5, 5.41) is 17.6. The Balaban J connectivity index is 1.54. The Morgan fingerprint density at radius 2 is 1.73 bits per heavy atom. The number of thioether (sulfide) groups is 1. The molecule has 1 saturated heterocycles. The Morgan fingerprint density at radius 1 is 1.00 bits per heavy atom. The Morgan fingerprint density at radius 3 is 2.57 bits per heavy atom. The number of aromatic hydroxyl groups is 1. The normalized spacial score (nSPS) is 26.2. The monoisotopic (exact) mass is 415 g/mol.